The molecule has 0 aliphatic rings. The van der Waals surface area contributed by atoms with Crippen LogP contribution in [0.25, 0.3) is 11.4 Å². The van der Waals surface area contributed by atoms with Crippen molar-refractivity contribution in [3.05, 3.63) is 60.2 Å². The molecule has 0 saturated heterocycles. The first kappa shape index (κ1) is 16.2. The molecule has 3 rings (SSSR count). The van der Waals surface area contributed by atoms with Gasteiger partial charge in [-0.2, -0.15) is 4.98 Å². The van der Waals surface area contributed by atoms with Crippen LogP contribution < -0.4 is 4.74 Å². The Labute approximate surface area is 141 Å². The molecule has 0 amide bonds. The first-order valence-electron chi connectivity index (χ1n) is 7.95. The van der Waals surface area contributed by atoms with Gasteiger partial charge in [-0.15, -0.1) is 0 Å². The molecule has 0 spiro atoms. The van der Waals surface area contributed by atoms with Crippen molar-refractivity contribution >= 4 is 0 Å². The van der Waals surface area contributed by atoms with Crippen molar-refractivity contribution in [2.45, 2.75) is 39.2 Å². The Bertz CT molecular complexity index is 789. The maximum absolute atomic E-state index is 5.91. The van der Waals surface area contributed by atoms with E-state index in [1.165, 1.54) is 5.56 Å². The summed E-state index contributed by atoms with van der Waals surface area (Å²) in [5, 5.41) is 3.99. The third kappa shape index (κ3) is 3.62. The van der Waals surface area contributed by atoms with E-state index in [0.717, 1.165) is 11.3 Å². The van der Waals surface area contributed by atoms with E-state index in [4.69, 9.17) is 9.26 Å². The van der Waals surface area contributed by atoms with Crippen LogP contribution in [0.5, 0.6) is 5.75 Å². The van der Waals surface area contributed by atoms with E-state index in [1.54, 1.807) is 12.4 Å². The van der Waals surface area contributed by atoms with Gasteiger partial charge in [0.1, 0.15) is 5.75 Å². The fourth-order valence-electron chi connectivity index (χ4n) is 2.30. The summed E-state index contributed by atoms with van der Waals surface area (Å²) >= 11 is 0. The zero-order chi connectivity index (χ0) is 17.2. The van der Waals surface area contributed by atoms with E-state index in [1.807, 2.05) is 31.2 Å². The summed E-state index contributed by atoms with van der Waals surface area (Å²) in [6.45, 7) is 8.44. The fraction of sp³-hybridized carbons (Fsp3) is 0.316. The van der Waals surface area contributed by atoms with Crippen molar-refractivity contribution in [3.8, 4) is 17.1 Å². The minimum atomic E-state index is -0.330. The van der Waals surface area contributed by atoms with Gasteiger partial charge in [-0.25, -0.2) is 0 Å². The molecule has 2 aromatic heterocycles. The van der Waals surface area contributed by atoms with Gasteiger partial charge < -0.3 is 9.26 Å². The lowest BCUT2D eigenvalue weighted by Crippen LogP contribution is -2.10. The fourth-order valence-corrected chi connectivity index (χ4v) is 2.30. The van der Waals surface area contributed by atoms with Crippen molar-refractivity contribution in [2.24, 2.45) is 0 Å². The Morgan fingerprint density at radius 3 is 2.46 bits per heavy atom. The van der Waals surface area contributed by atoms with Crippen molar-refractivity contribution in [1.29, 1.82) is 0 Å². The van der Waals surface area contributed by atoms with Gasteiger partial charge >= 0.3 is 0 Å². The summed E-state index contributed by atoms with van der Waals surface area (Å²) in [5.41, 5.74) is 2.20. The number of aromatic nitrogens is 3. The molecule has 0 fully saturated rings. The largest absolute Gasteiger partial charge is 0.481 e. The summed E-state index contributed by atoms with van der Waals surface area (Å²) < 4.78 is 11.2. The van der Waals surface area contributed by atoms with E-state index in [-0.39, 0.29) is 11.5 Å². The number of ether oxygens (including phenoxy) is 1. The molecule has 0 aliphatic carbocycles. The predicted octanol–water partition coefficient (Wildman–Crippen LogP) is 4.57. The van der Waals surface area contributed by atoms with Gasteiger partial charge in [-0.1, -0.05) is 38.1 Å². The highest BCUT2D eigenvalue weighted by Crippen LogP contribution is 2.27. The van der Waals surface area contributed by atoms with Crippen molar-refractivity contribution in [2.75, 3.05) is 0 Å². The quantitative estimate of drug-likeness (QED) is 0.704. The van der Waals surface area contributed by atoms with Gasteiger partial charge in [-0.05, 0) is 42.2 Å². The van der Waals surface area contributed by atoms with Crippen LogP contribution in [-0.4, -0.2) is 15.1 Å². The van der Waals surface area contributed by atoms with E-state index in [0.29, 0.717) is 11.7 Å². The summed E-state index contributed by atoms with van der Waals surface area (Å²) in [5.74, 6) is 1.72. The van der Waals surface area contributed by atoms with Gasteiger partial charge in [0, 0.05) is 18.0 Å². The standard InChI is InChI=1S/C19H21N3O2/c1-13(23-16-9-7-15(8-10-16)19(2,3)4)18-21-17(22-24-18)14-6-5-11-20-12-14/h5-13H,1-4H3/t13-/m0/s1. The average Bonchev–Trinajstić information content (AvgIpc) is 3.05. The van der Waals surface area contributed by atoms with Crippen LogP contribution in [0.4, 0.5) is 0 Å². The molecular formula is C19H21N3O2. The zero-order valence-electron chi connectivity index (χ0n) is 14.4. The molecule has 3 aromatic rings. The topological polar surface area (TPSA) is 61.0 Å². The lowest BCUT2D eigenvalue weighted by Gasteiger charge is -2.19. The normalized spacial score (nSPS) is 12.8. The molecule has 0 aliphatic heterocycles. The van der Waals surface area contributed by atoms with Crippen molar-refractivity contribution in [1.82, 2.24) is 15.1 Å². The average molecular weight is 323 g/mol. The minimum absolute atomic E-state index is 0.120. The Balaban J connectivity index is 1.71. The third-order valence-corrected chi connectivity index (χ3v) is 3.74. The smallest absolute Gasteiger partial charge is 0.267 e. The number of pyridine rings is 1. The van der Waals surface area contributed by atoms with Crippen LogP contribution >= 0.6 is 0 Å². The molecule has 0 radical (unpaired) electrons. The van der Waals surface area contributed by atoms with Gasteiger partial charge in [-0.3, -0.25) is 4.98 Å². The molecule has 5 nitrogen and oxygen atoms in total. The van der Waals surface area contributed by atoms with Crippen LogP contribution in [0.3, 0.4) is 0 Å². The number of rotatable bonds is 4. The predicted molar refractivity (Wildman–Crippen MR) is 91.7 cm³/mol. The highest BCUT2D eigenvalue weighted by molar-refractivity contribution is 5.51. The Hall–Kier alpha value is -2.69. The number of nitrogens with zero attached hydrogens (tertiary/aromatic N) is 3. The lowest BCUT2D eigenvalue weighted by atomic mass is 9.87. The Morgan fingerprint density at radius 2 is 1.83 bits per heavy atom. The van der Waals surface area contributed by atoms with Crippen LogP contribution in [0.1, 0.15) is 45.3 Å². The van der Waals surface area contributed by atoms with Crippen molar-refractivity contribution < 1.29 is 9.26 Å². The zero-order valence-corrected chi connectivity index (χ0v) is 14.4. The van der Waals surface area contributed by atoms with Crippen LogP contribution in [0.15, 0.2) is 53.3 Å². The summed E-state index contributed by atoms with van der Waals surface area (Å²) in [4.78, 5) is 8.45. The monoisotopic (exact) mass is 323 g/mol. The Kier molecular flexibility index (Phi) is 4.34. The van der Waals surface area contributed by atoms with Crippen molar-refractivity contribution in [3.63, 3.8) is 0 Å². The molecule has 0 bridgehead atoms. The minimum Gasteiger partial charge on any atom is -0.481 e. The van der Waals surface area contributed by atoms with Gasteiger partial charge in [0.15, 0.2) is 6.10 Å². The molecule has 24 heavy (non-hydrogen) atoms. The lowest BCUT2D eigenvalue weighted by molar-refractivity contribution is 0.175. The molecular weight excluding hydrogens is 302 g/mol. The maximum atomic E-state index is 5.91. The number of hydrogen-bond acceptors (Lipinski definition) is 5. The SMILES string of the molecule is C[C@H](Oc1ccc(C(C)(C)C)cc1)c1nc(-c2cccnc2)no1. The second-order valence-corrected chi connectivity index (χ2v) is 6.73. The number of benzene rings is 1. The first-order chi connectivity index (χ1) is 11.4. The molecule has 0 saturated carbocycles. The molecule has 1 atom stereocenters. The second-order valence-electron chi connectivity index (χ2n) is 6.73. The van der Waals surface area contributed by atoms with E-state index >= 15 is 0 Å². The first-order valence-corrected chi connectivity index (χ1v) is 7.95. The highest BCUT2D eigenvalue weighted by Gasteiger charge is 2.18. The molecule has 2 heterocycles. The summed E-state index contributed by atoms with van der Waals surface area (Å²) in [6.07, 6.45) is 3.08. The maximum Gasteiger partial charge on any atom is 0.267 e. The Morgan fingerprint density at radius 1 is 1.08 bits per heavy atom. The van der Waals surface area contributed by atoms with Crippen LogP contribution in [0.2, 0.25) is 0 Å². The summed E-state index contributed by atoms with van der Waals surface area (Å²) in [6, 6.07) is 11.8. The molecule has 1 aromatic carbocycles. The van der Waals surface area contributed by atoms with E-state index in [9.17, 15) is 0 Å². The van der Waals surface area contributed by atoms with Gasteiger partial charge in [0.05, 0.1) is 0 Å². The molecule has 0 unspecified atom stereocenters. The summed E-state index contributed by atoms with van der Waals surface area (Å²) in [7, 11) is 0. The van der Waals surface area contributed by atoms with Crippen LogP contribution in [0, 0.1) is 0 Å². The molecule has 0 N–H and O–H groups in total. The van der Waals surface area contributed by atoms with E-state index in [2.05, 4.69) is 48.0 Å². The van der Waals surface area contributed by atoms with Gasteiger partial charge in [0.2, 0.25) is 5.82 Å². The molecule has 5 heteroatoms. The number of hydrogen-bond donors (Lipinski definition) is 0. The molecule has 124 valence electrons. The van der Waals surface area contributed by atoms with Crippen LogP contribution in [-0.2, 0) is 5.41 Å². The third-order valence-electron chi connectivity index (χ3n) is 3.74. The highest BCUT2D eigenvalue weighted by atomic mass is 16.5. The van der Waals surface area contributed by atoms with E-state index < -0.39 is 0 Å². The second kappa shape index (κ2) is 6.43. The van der Waals surface area contributed by atoms with Gasteiger partial charge in [0.25, 0.3) is 5.89 Å².